The zero-order chi connectivity index (χ0) is 36.0. The Morgan fingerprint density at radius 3 is 2.06 bits per heavy atom. The molecule has 0 bridgehead atoms. The van der Waals surface area contributed by atoms with Crippen molar-refractivity contribution in [3.05, 3.63) is 167 Å². The number of hydrogen-bond acceptors (Lipinski definition) is 7. The van der Waals surface area contributed by atoms with Gasteiger partial charge in [0.25, 0.3) is 0 Å². The number of sulfone groups is 1. The van der Waals surface area contributed by atoms with Gasteiger partial charge >= 0.3 is 0 Å². The molecule has 12 heteroatoms. The van der Waals surface area contributed by atoms with Crippen LogP contribution in [-0.4, -0.2) is 37.0 Å². The fourth-order valence-electron chi connectivity index (χ4n) is 5.46. The van der Waals surface area contributed by atoms with Crippen molar-refractivity contribution in [3.8, 4) is 28.4 Å². The van der Waals surface area contributed by atoms with Crippen LogP contribution in [0.2, 0.25) is 10.0 Å². The number of phenols is 1. The maximum absolute atomic E-state index is 14.1. The van der Waals surface area contributed by atoms with Crippen molar-refractivity contribution >= 4 is 43.1 Å². The van der Waals surface area contributed by atoms with E-state index < -0.39 is 30.5 Å². The van der Waals surface area contributed by atoms with Gasteiger partial charge in [0.2, 0.25) is 10.0 Å². The van der Waals surface area contributed by atoms with E-state index >= 15 is 0 Å². The second-order valence-electron chi connectivity index (χ2n) is 11.7. The van der Waals surface area contributed by atoms with E-state index in [9.17, 15) is 21.9 Å². The van der Waals surface area contributed by atoms with Crippen LogP contribution in [0.25, 0.3) is 11.1 Å². The maximum Gasteiger partial charge on any atom is 0.247 e. The Bertz CT molecular complexity index is 2340. The molecule has 6 aromatic rings. The minimum absolute atomic E-state index is 0.0277. The van der Waals surface area contributed by atoms with Gasteiger partial charge in [0, 0.05) is 24.3 Å². The van der Waals surface area contributed by atoms with Gasteiger partial charge in [0.15, 0.2) is 15.6 Å². The minimum Gasteiger partial charge on any atom is -0.505 e. The van der Waals surface area contributed by atoms with Gasteiger partial charge in [-0.1, -0.05) is 102 Å². The smallest absolute Gasteiger partial charge is 0.247 e. The highest BCUT2D eigenvalue weighted by Gasteiger charge is 2.30. The summed E-state index contributed by atoms with van der Waals surface area (Å²) < 4.78 is 61.7. The molecule has 0 atom stereocenters. The summed E-state index contributed by atoms with van der Waals surface area (Å²) in [7, 11) is -7.99. The Morgan fingerprint density at radius 2 is 1.35 bits per heavy atom. The highest BCUT2D eigenvalue weighted by atomic mass is 35.5. The third-order valence-corrected chi connectivity index (χ3v) is 12.1. The number of halogens is 2. The maximum atomic E-state index is 14.1. The molecule has 0 radical (unpaired) electrons. The first-order valence-electron chi connectivity index (χ1n) is 15.8. The summed E-state index contributed by atoms with van der Waals surface area (Å²) >= 11 is 12.3. The first-order chi connectivity index (χ1) is 24.5. The van der Waals surface area contributed by atoms with Crippen molar-refractivity contribution in [2.24, 2.45) is 0 Å². The molecule has 0 fully saturated rings. The van der Waals surface area contributed by atoms with Crippen LogP contribution in [0.5, 0.6) is 17.2 Å². The van der Waals surface area contributed by atoms with Crippen molar-refractivity contribution in [3.63, 3.8) is 0 Å². The van der Waals surface area contributed by atoms with Crippen LogP contribution in [0.1, 0.15) is 16.7 Å². The largest absolute Gasteiger partial charge is 0.505 e. The van der Waals surface area contributed by atoms with Crippen LogP contribution >= 0.6 is 23.2 Å². The van der Waals surface area contributed by atoms with Crippen LogP contribution in [0.4, 0.5) is 0 Å². The van der Waals surface area contributed by atoms with Gasteiger partial charge in [-0.15, -0.1) is 0 Å². The van der Waals surface area contributed by atoms with Gasteiger partial charge in [0.05, 0.1) is 21.9 Å². The topological polar surface area (TPSA) is 114 Å². The molecule has 0 unspecified atom stereocenters. The molecule has 0 aliphatic heterocycles. The number of sulfonamides is 1. The van der Waals surface area contributed by atoms with E-state index in [1.807, 2.05) is 54.6 Å². The van der Waals surface area contributed by atoms with E-state index in [0.717, 1.165) is 11.1 Å². The van der Waals surface area contributed by atoms with Crippen molar-refractivity contribution in [2.75, 3.05) is 5.75 Å². The number of nitrogens with zero attached hydrogens (tertiary/aromatic N) is 2. The number of rotatable bonds is 13. The summed E-state index contributed by atoms with van der Waals surface area (Å²) in [6.07, 6.45) is 3.39. The lowest BCUT2D eigenvalue weighted by atomic mass is 10.0. The van der Waals surface area contributed by atoms with Crippen LogP contribution in [0, 0.1) is 0 Å². The predicted molar refractivity (Wildman–Crippen MR) is 199 cm³/mol. The van der Waals surface area contributed by atoms with E-state index in [4.69, 9.17) is 27.9 Å². The molecule has 1 aromatic heterocycles. The van der Waals surface area contributed by atoms with Gasteiger partial charge in [0.1, 0.15) is 16.4 Å². The Hall–Kier alpha value is -4.71. The van der Waals surface area contributed by atoms with Gasteiger partial charge in [-0.2, -0.15) is 4.31 Å². The number of hydrogen-bond donors (Lipinski definition) is 1. The standard InChI is InChI=1S/C39H32Cl2N2O6S2/c40-33-23-37(41)39(44)38(24-33)51(47,48)43(26-29-11-13-32(14-12-29)31-8-2-1-3-9-31)27-30-7-4-6-28(22-30)19-21-50(45,46)36-17-15-34(16-18-36)49-35-10-5-20-42-25-35/h1-18,20,22-25,44H,19,21,26-27H2. The third kappa shape index (κ3) is 8.97. The van der Waals surface area contributed by atoms with Crippen LogP contribution in [0.3, 0.4) is 0 Å². The average molecular weight is 760 g/mol. The van der Waals surface area contributed by atoms with Gasteiger partial charge in [-0.05, 0) is 82.8 Å². The minimum atomic E-state index is -4.34. The fraction of sp³-hybridized carbons (Fsp3) is 0.103. The Balaban J connectivity index is 1.21. The Kier molecular flexibility index (Phi) is 11.1. The lowest BCUT2D eigenvalue weighted by Crippen LogP contribution is -2.30. The predicted octanol–water partition coefficient (Wildman–Crippen LogP) is 8.96. The molecule has 1 N–H and O–H groups in total. The molecule has 1 heterocycles. The van der Waals surface area contributed by atoms with Gasteiger partial charge in [-0.3, -0.25) is 4.98 Å². The summed E-state index contributed by atoms with van der Waals surface area (Å²) in [5, 5.41) is 10.6. The second kappa shape index (κ2) is 15.7. The molecule has 5 aromatic carbocycles. The lowest BCUT2D eigenvalue weighted by Gasteiger charge is -2.24. The van der Waals surface area contributed by atoms with Crippen molar-refractivity contribution in [1.82, 2.24) is 9.29 Å². The average Bonchev–Trinajstić information content (AvgIpc) is 3.13. The SMILES string of the molecule is O=S(=O)(CCc1cccc(CN(Cc2ccc(-c3ccccc3)cc2)S(=O)(=O)c2cc(Cl)cc(Cl)c2O)c1)c1ccc(Oc2cccnc2)cc1. The summed E-state index contributed by atoms with van der Waals surface area (Å²) in [6, 6.07) is 36.6. The second-order valence-corrected chi connectivity index (χ2v) is 16.6. The number of ether oxygens (including phenoxy) is 1. The molecule has 6 rings (SSSR count). The molecule has 0 aliphatic carbocycles. The molecule has 51 heavy (non-hydrogen) atoms. The molecule has 0 saturated heterocycles. The molecule has 0 saturated carbocycles. The number of phenolic OH excluding ortho intramolecular Hbond substituents is 1. The zero-order valence-electron chi connectivity index (χ0n) is 27.1. The first kappa shape index (κ1) is 36.1. The summed E-state index contributed by atoms with van der Waals surface area (Å²) in [6.45, 7) is -0.106. The van der Waals surface area contributed by atoms with Crippen LogP contribution in [0.15, 0.2) is 150 Å². The molecule has 0 amide bonds. The first-order valence-corrected chi connectivity index (χ1v) is 19.6. The quantitative estimate of drug-likeness (QED) is 0.125. The molecule has 260 valence electrons. The third-order valence-electron chi connectivity index (χ3n) is 8.09. The van der Waals surface area contributed by atoms with Crippen LogP contribution < -0.4 is 4.74 Å². The highest BCUT2D eigenvalue weighted by molar-refractivity contribution is 7.91. The number of aromatic nitrogens is 1. The van der Waals surface area contributed by atoms with Crippen molar-refractivity contribution in [1.29, 1.82) is 0 Å². The van der Waals surface area contributed by atoms with E-state index in [-0.39, 0.29) is 40.2 Å². The van der Waals surface area contributed by atoms with Crippen molar-refractivity contribution < 1.29 is 26.7 Å². The molecular weight excluding hydrogens is 727 g/mol. The zero-order valence-corrected chi connectivity index (χ0v) is 30.2. The number of benzene rings is 5. The van der Waals surface area contributed by atoms with Crippen LogP contribution in [-0.2, 0) is 39.4 Å². The number of aromatic hydroxyl groups is 1. The Labute approximate surface area is 307 Å². The van der Waals surface area contributed by atoms with E-state index in [1.54, 1.807) is 60.9 Å². The fourth-order valence-corrected chi connectivity index (χ4v) is 8.91. The van der Waals surface area contributed by atoms with E-state index in [0.29, 0.717) is 28.2 Å². The summed E-state index contributed by atoms with van der Waals surface area (Å²) in [5.74, 6) is 0.258. The summed E-state index contributed by atoms with van der Waals surface area (Å²) in [5.41, 5.74) is 4.05. The molecular formula is C39H32Cl2N2O6S2. The molecule has 0 aliphatic rings. The Morgan fingerprint density at radius 1 is 0.667 bits per heavy atom. The monoisotopic (exact) mass is 758 g/mol. The van der Waals surface area contributed by atoms with Crippen molar-refractivity contribution in [2.45, 2.75) is 29.3 Å². The molecule has 8 nitrogen and oxygen atoms in total. The molecule has 0 spiro atoms. The van der Waals surface area contributed by atoms with Gasteiger partial charge in [-0.25, -0.2) is 16.8 Å². The lowest BCUT2D eigenvalue weighted by molar-refractivity contribution is 0.394. The number of aryl methyl sites for hydroxylation is 1. The normalized spacial score (nSPS) is 11.8. The highest BCUT2D eigenvalue weighted by Crippen LogP contribution is 2.37. The number of pyridine rings is 1. The van der Waals surface area contributed by atoms with E-state index in [1.165, 1.54) is 28.6 Å². The summed E-state index contributed by atoms with van der Waals surface area (Å²) in [4.78, 5) is 3.75. The van der Waals surface area contributed by atoms with E-state index in [2.05, 4.69) is 4.98 Å². The van der Waals surface area contributed by atoms with Gasteiger partial charge < -0.3 is 9.84 Å².